The number of amides is 7. The molecule has 4 unspecified atom stereocenters. The summed E-state index contributed by atoms with van der Waals surface area (Å²) in [7, 11) is 0. The molecule has 5 fully saturated rings. The zero-order chi connectivity index (χ0) is 95.4. The van der Waals surface area contributed by atoms with Crippen molar-refractivity contribution >= 4 is 87.0 Å². The van der Waals surface area contributed by atoms with Gasteiger partial charge in [-0.15, -0.1) is 11.3 Å². The van der Waals surface area contributed by atoms with Crippen LogP contribution < -0.4 is 21.3 Å². The molecule has 6 aliphatic heterocycles. The zero-order valence-corrected chi connectivity index (χ0v) is 72.6. The first-order valence-electron chi connectivity index (χ1n) is 41.7. The van der Waals surface area contributed by atoms with Gasteiger partial charge in [-0.1, -0.05) is 6.58 Å². The van der Waals surface area contributed by atoms with E-state index in [1.807, 2.05) is 0 Å². The van der Waals surface area contributed by atoms with Crippen LogP contribution in [-0.2, 0) is 60.6 Å². The number of fused-ring (bicyclic) bond motifs is 5. The van der Waals surface area contributed by atoms with Crippen molar-refractivity contribution in [2.75, 3.05) is 40.9 Å². The maximum absolute atomic E-state index is 15.4. The number of alkyl halides is 8. The van der Waals surface area contributed by atoms with Gasteiger partial charge in [0, 0.05) is 125 Å². The largest absolute Gasteiger partial charge is 0.393 e. The van der Waals surface area contributed by atoms with Crippen LogP contribution in [0.3, 0.4) is 0 Å². The van der Waals surface area contributed by atoms with E-state index >= 15 is 26.3 Å². The Bertz CT molecular complexity index is 5920. The molecular weight excluding hydrogens is 1760 g/mol. The normalized spacial score (nSPS) is 18.8. The third kappa shape index (κ3) is 22.2. The van der Waals surface area contributed by atoms with Crippen LogP contribution in [0.4, 0.5) is 84.2 Å². The van der Waals surface area contributed by atoms with Crippen LogP contribution in [0.2, 0.25) is 0 Å². The smallest absolute Gasteiger partial charge is 0.366 e. The average molecular weight is 1850 g/mol. The molecule has 5 atom stereocenters. The van der Waals surface area contributed by atoms with Crippen molar-refractivity contribution in [2.45, 2.75) is 192 Å². The number of halogens is 14. The van der Waals surface area contributed by atoms with E-state index in [-0.39, 0.29) is 108 Å². The summed E-state index contributed by atoms with van der Waals surface area (Å²) in [6.45, 7) is 14.8. The van der Waals surface area contributed by atoms with Crippen molar-refractivity contribution in [3.05, 3.63) is 276 Å². The molecule has 9 aromatic rings. The highest BCUT2D eigenvalue weighted by molar-refractivity contribution is 7.11. The predicted molar refractivity (Wildman–Crippen MR) is 455 cm³/mol. The van der Waals surface area contributed by atoms with Crippen LogP contribution in [0.1, 0.15) is 186 Å². The molecule has 131 heavy (non-hydrogen) atoms. The number of thiazole rings is 1. The topological polar surface area (TPSA) is 294 Å². The lowest BCUT2D eigenvalue weighted by Gasteiger charge is -2.44. The number of Topliss-reactive ketones (excluding diaryl/α,β-unsaturated/α-hetero) is 2. The third-order valence-corrected chi connectivity index (χ3v) is 24.8. The number of nitrogens with one attached hydrogen (secondary N) is 4. The van der Waals surface area contributed by atoms with Crippen molar-refractivity contribution < 1.29 is 115 Å². The van der Waals surface area contributed by atoms with Gasteiger partial charge in [-0.2, -0.15) is 35.1 Å². The summed E-state index contributed by atoms with van der Waals surface area (Å²) in [5.74, 6) is -28.1. The van der Waals surface area contributed by atoms with Gasteiger partial charge in [0.05, 0.1) is 45.8 Å². The first-order chi connectivity index (χ1) is 61.6. The fraction of sp³-hybridized carbons (Fsp3) is 0.362. The monoisotopic (exact) mass is 1850 g/mol. The van der Waals surface area contributed by atoms with Crippen molar-refractivity contribution in [1.82, 2.24) is 34.6 Å². The molecule has 9 heterocycles. The standard InChI is InChI=1S/C26H26F4N2O4.C24H24F3N3O3.C23H19F4N3O2S.C21H22F3N3O2/c1-14-9-17(4-8-21(14)27)31-23(34)16-3-7-22(28)20(10-16)26(29,30)24(35)32-18-5-6-19(32)13-25(36,12-18)11-15(2)33;1-13-9-17(3-6-20(13)25)29-22(32)15-7-8-28-21(12-15)24(26,27)23(33)30-18-4-5-19(30)11-16(10-18)14(2)31;1-12-9-15(4-6-17(12)24)29-21(31)14-3-5-18(25)16(10-14)23(26,27)22(32)30-8-7-19-20(11-30)33-13(2)28-19;1-13-11-16(3-4-18(13)22)26-20(29)15-5-8-25-19(12-15)21(23,24)14(2)27-9-6-17(28)7-10-27/h3-4,7-10,18-19,36H,5-6,11-13H2,1-2H3,(H,31,34);3,6-9,12,16,18-19H,4-5,10-11H2,1-2H3,(H,29,32);3-6,9-10H,7-8,11H2,1-2H3,(H,29,31);3-5,8,11-12,17,28H,2,6-7,9-10H2,1H3,(H,26,29)/t;16?,18-,19?;;/m.1../s1. The van der Waals surface area contributed by atoms with Crippen molar-refractivity contribution in [1.29, 1.82) is 0 Å². The quantitative estimate of drug-likeness (QED) is 0.0387. The van der Waals surface area contributed by atoms with Crippen LogP contribution in [-0.4, -0.2) is 153 Å². The first-order valence-corrected chi connectivity index (χ1v) is 42.5. The molecule has 22 nitrogen and oxygen atoms in total. The molecule has 3 aromatic heterocycles. The number of anilines is 4. The molecule has 0 spiro atoms. The van der Waals surface area contributed by atoms with Gasteiger partial charge in [0.2, 0.25) is 0 Å². The summed E-state index contributed by atoms with van der Waals surface area (Å²) in [6, 6.07) is 22.8. The number of hydrogen-bond donors (Lipinski definition) is 6. The van der Waals surface area contributed by atoms with Crippen LogP contribution in [0.25, 0.3) is 0 Å². The number of pyridine rings is 2. The van der Waals surface area contributed by atoms with Gasteiger partial charge in [0.25, 0.3) is 41.4 Å². The summed E-state index contributed by atoms with van der Waals surface area (Å²) >= 11 is 1.33. The number of benzene rings is 6. The number of hydrogen-bond acceptors (Lipinski definition) is 16. The molecule has 0 aliphatic carbocycles. The summed E-state index contributed by atoms with van der Waals surface area (Å²) in [5, 5.41) is 31.1. The number of allylic oxidation sites excluding steroid dienone is 1. The Kier molecular flexibility index (Phi) is 29.4. The zero-order valence-electron chi connectivity index (χ0n) is 71.7. The molecule has 0 saturated carbocycles. The number of likely N-dealkylation sites (tertiary alicyclic amines) is 1. The average Bonchev–Trinajstić information content (AvgIpc) is 1.64. The van der Waals surface area contributed by atoms with Gasteiger partial charge < -0.3 is 51.1 Å². The number of carbonyl (C=O) groups excluding carboxylic acids is 9. The van der Waals surface area contributed by atoms with Crippen LogP contribution in [0, 0.1) is 75.4 Å². The van der Waals surface area contributed by atoms with Gasteiger partial charge in [-0.05, 0) is 268 Å². The lowest BCUT2D eigenvalue weighted by atomic mass is 9.82. The van der Waals surface area contributed by atoms with E-state index in [9.17, 15) is 88.5 Å². The van der Waals surface area contributed by atoms with Gasteiger partial charge in [0.1, 0.15) is 57.9 Å². The number of aryl methyl sites for hydroxylation is 5. The van der Waals surface area contributed by atoms with E-state index in [0.29, 0.717) is 98.5 Å². The molecule has 6 aliphatic rings. The fourth-order valence-corrected chi connectivity index (χ4v) is 17.9. The van der Waals surface area contributed by atoms with Gasteiger partial charge >= 0.3 is 23.7 Å². The fourth-order valence-electron chi connectivity index (χ4n) is 16.9. The molecule has 37 heteroatoms. The second kappa shape index (κ2) is 39.6. The lowest BCUT2D eigenvalue weighted by molar-refractivity contribution is -0.169. The number of carbonyl (C=O) groups is 9. The SMILES string of the molecule is C=C(N1CCC(O)CC1)C(F)(F)c1cc(C(=O)Nc2ccc(F)c(C)c2)ccn1.CC(=O)C1CC2CC[C@H](C1)N2C(=O)C(F)(F)c1cc(C(=O)Nc2ccc(F)c(C)c2)ccn1.CC(=O)CC1(O)CC2CCC(C1)N2C(=O)C(F)(F)c1cc(C(=O)Nc2ccc(F)c(C)c2)ccc1F.Cc1nc2c(s1)CN(C(=O)C(F)(F)c1cc(C(=O)Nc3ccc(F)c(C)c3)ccc1F)CC2. The Labute approximate surface area is 747 Å². The van der Waals surface area contributed by atoms with Gasteiger partial charge in [-0.25, -0.2) is 31.3 Å². The minimum Gasteiger partial charge on any atom is -0.393 e. The number of piperidine rings is 3. The Morgan fingerprint density at radius 3 is 1.22 bits per heavy atom. The van der Waals surface area contributed by atoms with E-state index < -0.39 is 164 Å². The van der Waals surface area contributed by atoms with E-state index in [1.54, 1.807) is 13.8 Å². The Hall–Kier alpha value is -12.6. The number of rotatable bonds is 20. The Balaban J connectivity index is 0.000000158. The highest BCUT2D eigenvalue weighted by atomic mass is 32.1. The maximum atomic E-state index is 15.4. The second-order valence-electron chi connectivity index (χ2n) is 33.4. The molecule has 0 radical (unpaired) electrons. The summed E-state index contributed by atoms with van der Waals surface area (Å²) < 4.78 is 204. The highest BCUT2D eigenvalue weighted by Gasteiger charge is 2.58. The molecular formula is C94H91F14N11O11S. The van der Waals surface area contributed by atoms with Crippen molar-refractivity contribution in [3.63, 3.8) is 0 Å². The number of nitrogens with zero attached hydrogens (tertiary/aromatic N) is 7. The van der Waals surface area contributed by atoms with Gasteiger partial charge in [-0.3, -0.25) is 53.1 Å². The minimum atomic E-state index is -4.27. The van der Waals surface area contributed by atoms with E-state index in [2.05, 4.69) is 42.8 Å². The van der Waals surface area contributed by atoms with Crippen molar-refractivity contribution in [2.24, 2.45) is 5.92 Å². The summed E-state index contributed by atoms with van der Waals surface area (Å²) in [6.07, 6.45) is 5.37. The number of aromatic nitrogens is 3. The number of aliphatic hydroxyl groups excluding tert-OH is 1. The first kappa shape index (κ1) is 97.4. The minimum absolute atomic E-state index is 0.00137. The lowest BCUT2D eigenvalue weighted by Crippen LogP contribution is -2.56. The Morgan fingerprint density at radius 1 is 0.458 bits per heavy atom. The molecule has 15 rings (SSSR count). The molecule has 5 saturated heterocycles. The summed E-state index contributed by atoms with van der Waals surface area (Å²) in [5.41, 5.74) is -3.14. The highest BCUT2D eigenvalue weighted by Crippen LogP contribution is 2.48. The number of aliphatic hydroxyl groups is 2. The third-order valence-electron chi connectivity index (χ3n) is 23.8. The second-order valence-corrected chi connectivity index (χ2v) is 34.7. The number of ketones is 2. The van der Waals surface area contributed by atoms with Crippen LogP contribution in [0.5, 0.6) is 0 Å². The molecule has 4 bridgehead atoms. The summed E-state index contributed by atoms with van der Waals surface area (Å²) in [4.78, 5) is 129. The Morgan fingerprint density at radius 2 is 0.824 bits per heavy atom. The van der Waals surface area contributed by atoms with Crippen molar-refractivity contribution in [3.8, 4) is 0 Å². The van der Waals surface area contributed by atoms with E-state index in [0.717, 1.165) is 80.2 Å². The molecule has 6 aromatic carbocycles. The van der Waals surface area contributed by atoms with Gasteiger partial charge in [0.15, 0.2) is 0 Å². The van der Waals surface area contributed by atoms with E-state index in [4.69, 9.17) is 0 Å². The maximum Gasteiger partial charge on any atom is 0.366 e. The molecule has 6 N–H and O–H groups in total. The predicted octanol–water partition coefficient (Wildman–Crippen LogP) is 17.5. The van der Waals surface area contributed by atoms with Crippen LogP contribution in [0.15, 0.2) is 158 Å². The molecule has 7 amide bonds. The van der Waals surface area contributed by atoms with E-state index in [1.165, 1.54) is 129 Å². The van der Waals surface area contributed by atoms with Crippen LogP contribution >= 0.6 is 11.3 Å². The molecule has 692 valence electrons.